The van der Waals surface area contributed by atoms with E-state index in [0.29, 0.717) is 12.1 Å². The average Bonchev–Trinajstić information content (AvgIpc) is 2.72. The summed E-state index contributed by atoms with van der Waals surface area (Å²) in [7, 11) is 1.46. The molecule has 29 heavy (non-hydrogen) atoms. The van der Waals surface area contributed by atoms with Crippen LogP contribution < -0.4 is 5.32 Å². The van der Waals surface area contributed by atoms with Gasteiger partial charge in [-0.2, -0.15) is 0 Å². The quantitative estimate of drug-likeness (QED) is 0.516. The highest BCUT2D eigenvalue weighted by molar-refractivity contribution is 5.87. The first-order chi connectivity index (χ1) is 13.8. The lowest BCUT2D eigenvalue weighted by molar-refractivity contribution is -0.384. The van der Waals surface area contributed by atoms with E-state index in [-0.39, 0.29) is 24.1 Å². The van der Waals surface area contributed by atoms with Gasteiger partial charge in [0.15, 0.2) is 0 Å². The molecule has 2 aromatic carbocycles. The zero-order valence-corrected chi connectivity index (χ0v) is 16.7. The van der Waals surface area contributed by atoms with Gasteiger partial charge in [0.1, 0.15) is 6.04 Å². The second-order valence-corrected chi connectivity index (χ2v) is 6.63. The minimum Gasteiger partial charge on any atom is -0.382 e. The lowest BCUT2D eigenvalue weighted by Gasteiger charge is -2.35. The summed E-state index contributed by atoms with van der Waals surface area (Å²) in [6.45, 7) is 3.51. The molecule has 0 aliphatic rings. The van der Waals surface area contributed by atoms with E-state index in [1.807, 2.05) is 30.3 Å². The number of nitrogens with zero attached hydrogens (tertiary/aromatic N) is 2. The molecule has 0 aromatic heterocycles. The molecule has 0 spiro atoms. The van der Waals surface area contributed by atoms with E-state index in [2.05, 4.69) is 5.32 Å². The van der Waals surface area contributed by atoms with E-state index in [9.17, 15) is 19.7 Å². The van der Waals surface area contributed by atoms with Crippen molar-refractivity contribution in [3.63, 3.8) is 0 Å². The van der Waals surface area contributed by atoms with E-state index in [4.69, 9.17) is 4.74 Å². The van der Waals surface area contributed by atoms with Gasteiger partial charge in [-0.05, 0) is 18.1 Å². The maximum Gasteiger partial charge on any atom is 0.269 e. The van der Waals surface area contributed by atoms with Crippen LogP contribution in [-0.4, -0.2) is 41.4 Å². The van der Waals surface area contributed by atoms with Crippen molar-refractivity contribution in [1.29, 1.82) is 0 Å². The Morgan fingerprint density at radius 3 is 2.28 bits per heavy atom. The number of carbonyl (C=O) groups excluding carboxylic acids is 2. The Morgan fingerprint density at radius 1 is 1.14 bits per heavy atom. The summed E-state index contributed by atoms with van der Waals surface area (Å²) in [6.07, 6.45) is 0. The molecule has 0 saturated carbocycles. The van der Waals surface area contributed by atoms with Crippen LogP contribution >= 0.6 is 0 Å². The van der Waals surface area contributed by atoms with Crippen molar-refractivity contribution in [2.24, 2.45) is 0 Å². The number of rotatable bonds is 9. The summed E-state index contributed by atoms with van der Waals surface area (Å²) in [5, 5.41) is 13.7. The molecule has 1 unspecified atom stereocenters. The van der Waals surface area contributed by atoms with Crippen molar-refractivity contribution in [2.75, 3.05) is 13.7 Å². The third-order valence-electron chi connectivity index (χ3n) is 4.64. The molecule has 0 bridgehead atoms. The largest absolute Gasteiger partial charge is 0.382 e. The number of amides is 2. The summed E-state index contributed by atoms with van der Waals surface area (Å²) < 4.78 is 5.20. The molecular formula is C21H25N3O5. The summed E-state index contributed by atoms with van der Waals surface area (Å²) in [4.78, 5) is 37.1. The monoisotopic (exact) mass is 399 g/mol. The van der Waals surface area contributed by atoms with Crippen molar-refractivity contribution < 1.29 is 19.2 Å². The number of nitro benzene ring substituents is 1. The summed E-state index contributed by atoms with van der Waals surface area (Å²) in [6, 6.07) is 14.1. The second-order valence-electron chi connectivity index (χ2n) is 6.63. The first-order valence-electron chi connectivity index (χ1n) is 9.19. The Kier molecular flexibility index (Phi) is 7.85. The lowest BCUT2D eigenvalue weighted by Crippen LogP contribution is -2.52. The van der Waals surface area contributed by atoms with Crippen LogP contribution in [0.3, 0.4) is 0 Å². The fourth-order valence-corrected chi connectivity index (χ4v) is 3.14. The van der Waals surface area contributed by atoms with E-state index in [1.165, 1.54) is 31.1 Å². The number of carbonyl (C=O) groups is 2. The number of nitro groups is 1. The zero-order valence-electron chi connectivity index (χ0n) is 16.7. The van der Waals surface area contributed by atoms with Gasteiger partial charge in [0.25, 0.3) is 5.69 Å². The lowest BCUT2D eigenvalue weighted by atomic mass is 10.0. The highest BCUT2D eigenvalue weighted by atomic mass is 16.6. The van der Waals surface area contributed by atoms with Gasteiger partial charge in [-0.25, -0.2) is 0 Å². The molecule has 154 valence electrons. The Labute approximate surface area is 169 Å². The molecule has 0 aliphatic carbocycles. The van der Waals surface area contributed by atoms with E-state index in [0.717, 1.165) is 5.56 Å². The van der Waals surface area contributed by atoms with E-state index < -0.39 is 17.0 Å². The second kappa shape index (κ2) is 10.3. The van der Waals surface area contributed by atoms with Crippen LogP contribution in [0.2, 0.25) is 0 Å². The van der Waals surface area contributed by atoms with E-state index in [1.54, 1.807) is 19.1 Å². The van der Waals surface area contributed by atoms with Crippen molar-refractivity contribution in [3.8, 4) is 0 Å². The Hall–Kier alpha value is -3.26. The molecule has 0 fully saturated rings. The summed E-state index contributed by atoms with van der Waals surface area (Å²) in [5.41, 5.74) is 1.59. The topological polar surface area (TPSA) is 102 Å². The number of hydrogen-bond donors (Lipinski definition) is 1. The molecule has 8 nitrogen and oxygen atoms in total. The van der Waals surface area contributed by atoms with Gasteiger partial charge >= 0.3 is 0 Å². The highest BCUT2D eigenvalue weighted by Gasteiger charge is 2.32. The van der Waals surface area contributed by atoms with Gasteiger partial charge in [0, 0.05) is 32.7 Å². The van der Waals surface area contributed by atoms with Crippen molar-refractivity contribution in [2.45, 2.75) is 32.5 Å². The Morgan fingerprint density at radius 2 is 1.76 bits per heavy atom. The van der Waals surface area contributed by atoms with Crippen LogP contribution in [0.15, 0.2) is 54.6 Å². The first kappa shape index (κ1) is 22.0. The summed E-state index contributed by atoms with van der Waals surface area (Å²) >= 11 is 0. The van der Waals surface area contributed by atoms with Gasteiger partial charge in [-0.1, -0.05) is 42.5 Å². The summed E-state index contributed by atoms with van der Waals surface area (Å²) in [5.74, 6) is -0.632. The SMILES string of the molecule is COC[C@H](C(=O)NCc1ccccc1)N(C(C)=O)C(C)c1ccc([N+](=O)[O-])cc1. The fraction of sp³-hybridized carbons (Fsp3) is 0.333. The smallest absolute Gasteiger partial charge is 0.269 e. The van der Waals surface area contributed by atoms with Crippen LogP contribution in [-0.2, 0) is 20.9 Å². The van der Waals surface area contributed by atoms with Crippen LogP contribution in [0.1, 0.15) is 31.0 Å². The number of non-ortho nitro benzene ring substituents is 1. The van der Waals surface area contributed by atoms with Crippen LogP contribution in [0.25, 0.3) is 0 Å². The van der Waals surface area contributed by atoms with Crippen molar-refractivity contribution >= 4 is 17.5 Å². The molecule has 0 heterocycles. The Bertz CT molecular complexity index is 839. The minimum absolute atomic E-state index is 0.0253. The Balaban J connectivity index is 2.21. The molecule has 2 atom stereocenters. The van der Waals surface area contributed by atoms with E-state index >= 15 is 0 Å². The van der Waals surface area contributed by atoms with Crippen LogP contribution in [0.4, 0.5) is 5.69 Å². The average molecular weight is 399 g/mol. The van der Waals surface area contributed by atoms with Crippen LogP contribution in [0, 0.1) is 10.1 Å². The molecule has 2 amide bonds. The first-order valence-corrected chi connectivity index (χ1v) is 9.19. The minimum atomic E-state index is -0.841. The maximum absolute atomic E-state index is 12.9. The van der Waals surface area contributed by atoms with Crippen molar-refractivity contribution in [1.82, 2.24) is 10.2 Å². The molecule has 2 rings (SSSR count). The normalized spacial score (nSPS) is 12.7. The number of ether oxygens (including phenoxy) is 1. The molecule has 0 saturated heterocycles. The molecule has 1 N–H and O–H groups in total. The maximum atomic E-state index is 12.9. The predicted molar refractivity (Wildman–Crippen MR) is 108 cm³/mol. The standard InChI is InChI=1S/C21H25N3O5/c1-15(18-9-11-19(12-10-18)24(27)28)23(16(2)25)20(14-29-3)21(26)22-13-17-7-5-4-6-8-17/h4-12,15,20H,13-14H2,1-3H3,(H,22,26)/t15?,20-/m1/s1. The molecule has 2 aromatic rings. The molecule has 0 radical (unpaired) electrons. The van der Waals surface area contributed by atoms with Crippen molar-refractivity contribution in [3.05, 3.63) is 75.8 Å². The number of methoxy groups -OCH3 is 1. The van der Waals surface area contributed by atoms with Gasteiger partial charge in [-0.15, -0.1) is 0 Å². The van der Waals surface area contributed by atoms with Crippen LogP contribution in [0.5, 0.6) is 0 Å². The number of nitrogens with one attached hydrogen (secondary N) is 1. The third-order valence-corrected chi connectivity index (χ3v) is 4.64. The fourth-order valence-electron chi connectivity index (χ4n) is 3.14. The zero-order chi connectivity index (χ0) is 21.4. The molecule has 0 aliphatic heterocycles. The number of benzene rings is 2. The van der Waals surface area contributed by atoms with Gasteiger partial charge in [-0.3, -0.25) is 19.7 Å². The highest BCUT2D eigenvalue weighted by Crippen LogP contribution is 2.25. The molecular weight excluding hydrogens is 374 g/mol. The number of hydrogen-bond acceptors (Lipinski definition) is 5. The predicted octanol–water partition coefficient (Wildman–Crippen LogP) is 2.84. The van der Waals surface area contributed by atoms with Gasteiger partial charge in [0.05, 0.1) is 17.6 Å². The van der Waals surface area contributed by atoms with Gasteiger partial charge < -0.3 is 15.0 Å². The molecule has 8 heteroatoms. The third kappa shape index (κ3) is 5.86. The van der Waals surface area contributed by atoms with Gasteiger partial charge in [0.2, 0.25) is 11.8 Å².